The molecule has 4 nitrogen and oxygen atoms in total. The van der Waals surface area contributed by atoms with Crippen molar-refractivity contribution in [3.8, 4) is 0 Å². The maximum Gasteiger partial charge on any atom is 0.330 e. The van der Waals surface area contributed by atoms with Crippen LogP contribution in [0, 0.1) is 23.7 Å². The van der Waals surface area contributed by atoms with Crippen LogP contribution in [0.4, 0.5) is 0 Å². The van der Waals surface area contributed by atoms with Crippen molar-refractivity contribution in [3.63, 3.8) is 0 Å². The average molecular weight is 334 g/mol. The molecule has 0 aliphatic heterocycles. The van der Waals surface area contributed by atoms with Gasteiger partial charge in [0.25, 0.3) is 0 Å². The van der Waals surface area contributed by atoms with Gasteiger partial charge in [-0.15, -0.1) is 0 Å². The Labute approximate surface area is 145 Å². The molecule has 6 unspecified atom stereocenters. The smallest absolute Gasteiger partial charge is 0.330 e. The molecule has 24 heavy (non-hydrogen) atoms. The molecule has 0 heterocycles. The van der Waals surface area contributed by atoms with Gasteiger partial charge < -0.3 is 9.47 Å². The number of esters is 2. The molecule has 2 rings (SSSR count). The van der Waals surface area contributed by atoms with Crippen molar-refractivity contribution in [3.05, 3.63) is 25.3 Å². The molecule has 0 aromatic carbocycles. The first-order valence-electron chi connectivity index (χ1n) is 9.10. The SMILES string of the molecule is C=CC(=O)OC1CCC(C2CCC(OC(=O)C=C)CC2C)C(C)C1. The van der Waals surface area contributed by atoms with E-state index in [0.717, 1.165) is 38.5 Å². The molecule has 0 N–H and O–H groups in total. The van der Waals surface area contributed by atoms with Crippen LogP contribution in [0.15, 0.2) is 25.3 Å². The lowest BCUT2D eigenvalue weighted by atomic mass is 9.64. The number of rotatable bonds is 5. The Balaban J connectivity index is 1.87. The van der Waals surface area contributed by atoms with Crippen molar-refractivity contribution in [2.24, 2.45) is 23.7 Å². The molecule has 2 saturated carbocycles. The lowest BCUT2D eigenvalue weighted by Gasteiger charge is -2.44. The van der Waals surface area contributed by atoms with Gasteiger partial charge >= 0.3 is 11.9 Å². The van der Waals surface area contributed by atoms with Crippen molar-refractivity contribution in [1.82, 2.24) is 0 Å². The van der Waals surface area contributed by atoms with E-state index in [9.17, 15) is 9.59 Å². The van der Waals surface area contributed by atoms with Gasteiger partial charge in [0.2, 0.25) is 0 Å². The summed E-state index contributed by atoms with van der Waals surface area (Å²) in [6, 6.07) is 0. The minimum atomic E-state index is -0.316. The largest absolute Gasteiger partial charge is 0.459 e. The number of carbonyl (C=O) groups excluding carboxylic acids is 2. The Morgan fingerprint density at radius 1 is 0.792 bits per heavy atom. The van der Waals surface area contributed by atoms with E-state index >= 15 is 0 Å². The summed E-state index contributed by atoms with van der Waals surface area (Å²) >= 11 is 0. The summed E-state index contributed by atoms with van der Waals surface area (Å²) in [5.74, 6) is 1.78. The summed E-state index contributed by atoms with van der Waals surface area (Å²) < 4.78 is 10.8. The van der Waals surface area contributed by atoms with Crippen molar-refractivity contribution in [1.29, 1.82) is 0 Å². The second-order valence-electron chi connectivity index (χ2n) is 7.43. The fourth-order valence-electron chi connectivity index (χ4n) is 4.65. The fourth-order valence-corrected chi connectivity index (χ4v) is 4.65. The van der Waals surface area contributed by atoms with E-state index in [-0.39, 0.29) is 24.1 Å². The van der Waals surface area contributed by atoms with Crippen molar-refractivity contribution in [2.45, 2.75) is 64.6 Å². The number of ether oxygens (including phenoxy) is 2. The first-order chi connectivity index (χ1) is 11.4. The summed E-state index contributed by atoms with van der Waals surface area (Å²) in [5.41, 5.74) is 0. The third-order valence-electron chi connectivity index (χ3n) is 5.82. The highest BCUT2D eigenvalue weighted by molar-refractivity contribution is 5.81. The molecule has 6 atom stereocenters. The zero-order valence-electron chi connectivity index (χ0n) is 14.9. The van der Waals surface area contributed by atoms with Gasteiger partial charge in [-0.3, -0.25) is 0 Å². The predicted octanol–water partition coefficient (Wildman–Crippen LogP) is 4.05. The van der Waals surface area contributed by atoms with Crippen LogP contribution in [0.2, 0.25) is 0 Å². The maximum atomic E-state index is 11.4. The van der Waals surface area contributed by atoms with E-state index in [1.807, 2.05) is 0 Å². The van der Waals surface area contributed by atoms with Crippen LogP contribution in [-0.2, 0) is 19.1 Å². The number of hydrogen-bond acceptors (Lipinski definition) is 4. The van der Waals surface area contributed by atoms with E-state index in [1.54, 1.807) is 0 Å². The molecular weight excluding hydrogens is 304 g/mol. The summed E-state index contributed by atoms with van der Waals surface area (Å²) in [7, 11) is 0. The van der Waals surface area contributed by atoms with Gasteiger partial charge in [-0.25, -0.2) is 9.59 Å². The molecular formula is C20H30O4. The van der Waals surface area contributed by atoms with Crippen molar-refractivity contribution < 1.29 is 19.1 Å². The Morgan fingerprint density at radius 2 is 1.17 bits per heavy atom. The second kappa shape index (κ2) is 8.50. The van der Waals surface area contributed by atoms with Gasteiger partial charge in [0, 0.05) is 12.2 Å². The van der Waals surface area contributed by atoms with Gasteiger partial charge in [-0.2, -0.15) is 0 Å². The van der Waals surface area contributed by atoms with Gasteiger partial charge in [-0.1, -0.05) is 27.0 Å². The molecule has 0 saturated heterocycles. The van der Waals surface area contributed by atoms with Crippen LogP contribution in [0.5, 0.6) is 0 Å². The van der Waals surface area contributed by atoms with Crippen molar-refractivity contribution in [2.75, 3.05) is 0 Å². The minimum absolute atomic E-state index is 0.0296. The molecule has 0 radical (unpaired) electrons. The Bertz CT molecular complexity index is 440. The van der Waals surface area contributed by atoms with Gasteiger partial charge in [0.05, 0.1) is 0 Å². The predicted molar refractivity (Wildman–Crippen MR) is 93.2 cm³/mol. The van der Waals surface area contributed by atoms with E-state index in [4.69, 9.17) is 9.47 Å². The zero-order valence-corrected chi connectivity index (χ0v) is 14.9. The Hall–Kier alpha value is -1.58. The third-order valence-corrected chi connectivity index (χ3v) is 5.82. The van der Waals surface area contributed by atoms with E-state index < -0.39 is 0 Å². The Kier molecular flexibility index (Phi) is 6.64. The highest BCUT2D eigenvalue weighted by Crippen LogP contribution is 2.45. The van der Waals surface area contributed by atoms with E-state index in [0.29, 0.717) is 23.7 Å². The monoisotopic (exact) mass is 334 g/mol. The van der Waals surface area contributed by atoms with Gasteiger partial charge in [0.1, 0.15) is 12.2 Å². The van der Waals surface area contributed by atoms with Crippen LogP contribution in [0.1, 0.15) is 52.4 Å². The first-order valence-corrected chi connectivity index (χ1v) is 9.10. The maximum absolute atomic E-state index is 11.4. The van der Waals surface area contributed by atoms with Crippen LogP contribution < -0.4 is 0 Å². The minimum Gasteiger partial charge on any atom is -0.459 e. The molecule has 4 heteroatoms. The Morgan fingerprint density at radius 3 is 1.46 bits per heavy atom. The van der Waals surface area contributed by atoms with Gasteiger partial charge in [0.15, 0.2) is 0 Å². The zero-order chi connectivity index (χ0) is 17.7. The molecule has 0 bridgehead atoms. The quantitative estimate of drug-likeness (QED) is 0.562. The molecule has 2 fully saturated rings. The molecule has 0 aromatic rings. The number of carbonyl (C=O) groups is 2. The normalized spacial score (nSPS) is 36.4. The average Bonchev–Trinajstić information content (AvgIpc) is 2.55. The molecule has 2 aliphatic carbocycles. The molecule has 2 aliphatic rings. The van der Waals surface area contributed by atoms with Crippen LogP contribution in [-0.4, -0.2) is 24.1 Å². The highest BCUT2D eigenvalue weighted by Gasteiger charge is 2.39. The van der Waals surface area contributed by atoms with Crippen LogP contribution in [0.25, 0.3) is 0 Å². The summed E-state index contributed by atoms with van der Waals surface area (Å²) in [5, 5.41) is 0. The van der Waals surface area contributed by atoms with Crippen LogP contribution in [0.3, 0.4) is 0 Å². The fraction of sp³-hybridized carbons (Fsp3) is 0.700. The summed E-state index contributed by atoms with van der Waals surface area (Å²) in [6.45, 7) is 11.5. The van der Waals surface area contributed by atoms with Crippen molar-refractivity contribution >= 4 is 11.9 Å². The lowest BCUT2D eigenvalue weighted by molar-refractivity contribution is -0.149. The number of hydrogen-bond donors (Lipinski definition) is 0. The van der Waals surface area contributed by atoms with Crippen LogP contribution >= 0.6 is 0 Å². The lowest BCUT2D eigenvalue weighted by Crippen LogP contribution is -2.39. The first kappa shape index (κ1) is 18.8. The van der Waals surface area contributed by atoms with Gasteiger partial charge in [-0.05, 0) is 62.2 Å². The third kappa shape index (κ3) is 4.71. The summed E-state index contributed by atoms with van der Waals surface area (Å²) in [4.78, 5) is 22.8. The standard InChI is InChI=1S/C20H30O4/c1-5-19(21)23-15-7-9-17(13(3)11-15)18-10-8-16(12-14(18)4)24-20(22)6-2/h5-6,13-18H,1-2,7-12H2,3-4H3. The molecule has 0 amide bonds. The molecule has 0 spiro atoms. The summed E-state index contributed by atoms with van der Waals surface area (Å²) in [6.07, 6.45) is 8.48. The second-order valence-corrected chi connectivity index (χ2v) is 7.43. The van der Waals surface area contributed by atoms with E-state index in [2.05, 4.69) is 27.0 Å². The molecule has 0 aromatic heterocycles. The molecule has 134 valence electrons. The van der Waals surface area contributed by atoms with E-state index in [1.165, 1.54) is 12.2 Å². The highest BCUT2D eigenvalue weighted by atomic mass is 16.5. The topological polar surface area (TPSA) is 52.6 Å².